The predicted molar refractivity (Wildman–Crippen MR) is 109 cm³/mol. The van der Waals surface area contributed by atoms with Crippen LogP contribution in [0.4, 0.5) is 5.69 Å². The number of halogens is 1. The van der Waals surface area contributed by atoms with E-state index in [4.69, 9.17) is 19.9 Å². The zero-order valence-corrected chi connectivity index (χ0v) is 16.7. The lowest BCUT2D eigenvalue weighted by Crippen LogP contribution is -2.21. The number of hydrogen-bond donors (Lipinski definition) is 2. The van der Waals surface area contributed by atoms with Crippen molar-refractivity contribution in [3.8, 4) is 17.2 Å². The molecule has 0 fully saturated rings. The van der Waals surface area contributed by atoms with Gasteiger partial charge in [-0.15, -0.1) is 12.4 Å². The van der Waals surface area contributed by atoms with Crippen LogP contribution in [-0.4, -0.2) is 32.3 Å². The molecule has 1 amide bonds. The maximum Gasteiger partial charge on any atom is 0.262 e. The Balaban J connectivity index is 0.00000364. The lowest BCUT2D eigenvalue weighted by molar-refractivity contribution is -0.118. The number of hydrogen-bond acceptors (Lipinski definition) is 5. The molecular formula is C20H27ClN2O4. The molecular weight excluding hydrogens is 368 g/mol. The standard InChI is InChI=1S/C20H26N2O4.ClH/c1-4-25-19-12-15(11-14(2)21)9-10-18(19)26-13-20(23)22-16-7-5-6-8-17(16)24-3;/h5-10,12,14H,4,11,13,21H2,1-3H3,(H,22,23);1H. The molecule has 0 aliphatic rings. The number of benzene rings is 2. The van der Waals surface area contributed by atoms with Crippen molar-refractivity contribution in [2.45, 2.75) is 26.3 Å². The summed E-state index contributed by atoms with van der Waals surface area (Å²) in [4.78, 5) is 12.2. The van der Waals surface area contributed by atoms with Gasteiger partial charge in [0.2, 0.25) is 0 Å². The fraction of sp³-hybridized carbons (Fsp3) is 0.350. The molecule has 0 saturated carbocycles. The molecule has 1 unspecified atom stereocenters. The summed E-state index contributed by atoms with van der Waals surface area (Å²) in [5, 5.41) is 2.77. The fourth-order valence-electron chi connectivity index (χ4n) is 2.52. The van der Waals surface area contributed by atoms with Crippen molar-refractivity contribution in [2.24, 2.45) is 5.73 Å². The Hall–Kier alpha value is -2.44. The van der Waals surface area contributed by atoms with Gasteiger partial charge in [0, 0.05) is 6.04 Å². The second-order valence-electron chi connectivity index (χ2n) is 5.93. The van der Waals surface area contributed by atoms with Gasteiger partial charge in [0.1, 0.15) is 5.75 Å². The number of nitrogens with two attached hydrogens (primary N) is 1. The normalized spacial score (nSPS) is 11.1. The second kappa shape index (κ2) is 11.3. The molecule has 0 bridgehead atoms. The van der Waals surface area contributed by atoms with E-state index < -0.39 is 0 Å². The van der Waals surface area contributed by atoms with Crippen LogP contribution in [0.2, 0.25) is 0 Å². The summed E-state index contributed by atoms with van der Waals surface area (Å²) in [6.45, 7) is 4.22. The van der Waals surface area contributed by atoms with Crippen LogP contribution in [0.5, 0.6) is 17.2 Å². The average Bonchev–Trinajstić information content (AvgIpc) is 2.61. The molecule has 3 N–H and O–H groups in total. The number of rotatable bonds is 9. The Bertz CT molecular complexity index is 738. The van der Waals surface area contributed by atoms with E-state index in [0.29, 0.717) is 29.5 Å². The number of nitrogens with one attached hydrogen (secondary N) is 1. The maximum atomic E-state index is 12.2. The van der Waals surface area contributed by atoms with Crippen LogP contribution in [-0.2, 0) is 11.2 Å². The summed E-state index contributed by atoms with van der Waals surface area (Å²) < 4.78 is 16.5. The highest BCUT2D eigenvalue weighted by Gasteiger charge is 2.11. The third-order valence-corrected chi connectivity index (χ3v) is 3.61. The highest BCUT2D eigenvalue weighted by Crippen LogP contribution is 2.29. The van der Waals surface area contributed by atoms with E-state index in [1.807, 2.05) is 38.1 Å². The van der Waals surface area contributed by atoms with Crippen molar-refractivity contribution in [3.05, 3.63) is 48.0 Å². The smallest absolute Gasteiger partial charge is 0.262 e. The lowest BCUT2D eigenvalue weighted by Gasteiger charge is -2.14. The number of amides is 1. The molecule has 0 radical (unpaired) electrons. The minimum Gasteiger partial charge on any atom is -0.495 e. The first-order chi connectivity index (χ1) is 12.5. The number of methoxy groups -OCH3 is 1. The Morgan fingerprint density at radius 1 is 1.11 bits per heavy atom. The molecule has 27 heavy (non-hydrogen) atoms. The van der Waals surface area contributed by atoms with Crippen LogP contribution >= 0.6 is 12.4 Å². The molecule has 1 atom stereocenters. The lowest BCUT2D eigenvalue weighted by atomic mass is 10.1. The van der Waals surface area contributed by atoms with Gasteiger partial charge in [0.05, 0.1) is 19.4 Å². The van der Waals surface area contributed by atoms with Gasteiger partial charge in [-0.1, -0.05) is 18.2 Å². The van der Waals surface area contributed by atoms with E-state index in [-0.39, 0.29) is 31.0 Å². The van der Waals surface area contributed by atoms with Gasteiger partial charge in [-0.25, -0.2) is 0 Å². The number of carbonyl (C=O) groups excluding carboxylic acids is 1. The van der Waals surface area contributed by atoms with Crippen LogP contribution in [0, 0.1) is 0 Å². The third kappa shape index (κ3) is 7.00. The summed E-state index contributed by atoms with van der Waals surface area (Å²) in [6.07, 6.45) is 0.745. The Morgan fingerprint density at radius 3 is 2.52 bits per heavy atom. The minimum atomic E-state index is -0.281. The van der Waals surface area contributed by atoms with Gasteiger partial charge in [-0.05, 0) is 50.1 Å². The van der Waals surface area contributed by atoms with Gasteiger partial charge in [0.25, 0.3) is 5.91 Å². The van der Waals surface area contributed by atoms with Crippen LogP contribution in [0.15, 0.2) is 42.5 Å². The summed E-state index contributed by atoms with van der Waals surface area (Å²) in [5.74, 6) is 1.44. The van der Waals surface area contributed by atoms with Crippen LogP contribution in [0.25, 0.3) is 0 Å². The molecule has 2 aromatic carbocycles. The van der Waals surface area contributed by atoms with Gasteiger partial charge in [-0.3, -0.25) is 4.79 Å². The van der Waals surface area contributed by atoms with Gasteiger partial charge in [-0.2, -0.15) is 0 Å². The molecule has 0 aliphatic carbocycles. The highest BCUT2D eigenvalue weighted by atomic mass is 35.5. The van der Waals surface area contributed by atoms with E-state index in [2.05, 4.69) is 5.32 Å². The maximum absolute atomic E-state index is 12.2. The minimum absolute atomic E-state index is 0. The molecule has 148 valence electrons. The summed E-state index contributed by atoms with van der Waals surface area (Å²) in [7, 11) is 1.56. The van der Waals surface area contributed by atoms with E-state index in [1.54, 1.807) is 25.3 Å². The molecule has 6 nitrogen and oxygen atoms in total. The Kier molecular flexibility index (Phi) is 9.47. The quantitative estimate of drug-likeness (QED) is 0.680. The largest absolute Gasteiger partial charge is 0.495 e. The summed E-state index contributed by atoms with van der Waals surface area (Å²) >= 11 is 0. The molecule has 0 spiro atoms. The molecule has 2 rings (SSSR count). The Morgan fingerprint density at radius 2 is 1.85 bits per heavy atom. The zero-order chi connectivity index (χ0) is 18.9. The molecule has 0 aromatic heterocycles. The van der Waals surface area contributed by atoms with Crippen molar-refractivity contribution in [1.29, 1.82) is 0 Å². The first kappa shape index (κ1) is 22.6. The molecule has 2 aromatic rings. The average molecular weight is 395 g/mol. The van der Waals surface area contributed by atoms with Crippen LogP contribution < -0.4 is 25.3 Å². The number of anilines is 1. The van der Waals surface area contributed by atoms with Gasteiger partial charge >= 0.3 is 0 Å². The summed E-state index contributed by atoms with van der Waals surface area (Å²) in [6, 6.07) is 12.9. The van der Waals surface area contributed by atoms with Crippen molar-refractivity contribution in [2.75, 3.05) is 25.6 Å². The predicted octanol–water partition coefficient (Wildman–Crippen LogP) is 3.42. The second-order valence-corrected chi connectivity index (χ2v) is 5.93. The van der Waals surface area contributed by atoms with Crippen molar-refractivity contribution in [1.82, 2.24) is 0 Å². The van der Waals surface area contributed by atoms with Crippen molar-refractivity contribution < 1.29 is 19.0 Å². The molecule has 7 heteroatoms. The number of ether oxygens (including phenoxy) is 3. The first-order valence-corrected chi connectivity index (χ1v) is 8.60. The van der Waals surface area contributed by atoms with E-state index >= 15 is 0 Å². The molecule has 0 aliphatic heterocycles. The third-order valence-electron chi connectivity index (χ3n) is 3.61. The number of carbonyl (C=O) groups is 1. The first-order valence-electron chi connectivity index (χ1n) is 8.60. The topological polar surface area (TPSA) is 82.8 Å². The number of para-hydroxylation sites is 2. The summed E-state index contributed by atoms with van der Waals surface area (Å²) in [5.41, 5.74) is 7.51. The van der Waals surface area contributed by atoms with E-state index in [1.165, 1.54) is 0 Å². The van der Waals surface area contributed by atoms with Crippen LogP contribution in [0.1, 0.15) is 19.4 Å². The Labute approximate surface area is 166 Å². The molecule has 0 saturated heterocycles. The van der Waals surface area contributed by atoms with Gasteiger partial charge < -0.3 is 25.3 Å². The van der Waals surface area contributed by atoms with Crippen LogP contribution in [0.3, 0.4) is 0 Å². The monoisotopic (exact) mass is 394 g/mol. The van der Waals surface area contributed by atoms with Crippen molar-refractivity contribution in [3.63, 3.8) is 0 Å². The highest BCUT2D eigenvalue weighted by molar-refractivity contribution is 5.93. The fourth-order valence-corrected chi connectivity index (χ4v) is 2.52. The van der Waals surface area contributed by atoms with Crippen molar-refractivity contribution >= 4 is 24.0 Å². The molecule has 0 heterocycles. The van der Waals surface area contributed by atoms with E-state index in [0.717, 1.165) is 12.0 Å². The van der Waals surface area contributed by atoms with Gasteiger partial charge in [0.15, 0.2) is 18.1 Å². The SMILES string of the molecule is CCOc1cc(CC(C)N)ccc1OCC(=O)Nc1ccccc1OC.Cl. The van der Waals surface area contributed by atoms with E-state index in [9.17, 15) is 4.79 Å². The zero-order valence-electron chi connectivity index (χ0n) is 15.9.